The minimum Gasteiger partial charge on any atom is -0.320 e. The highest BCUT2D eigenvalue weighted by Crippen LogP contribution is 2.33. The summed E-state index contributed by atoms with van der Waals surface area (Å²) in [4.78, 5) is 23.0. The Morgan fingerprint density at radius 3 is 2.59 bits per heavy atom. The Morgan fingerprint density at radius 1 is 1.03 bits per heavy atom. The van der Waals surface area contributed by atoms with Crippen molar-refractivity contribution in [1.29, 1.82) is 0 Å². The summed E-state index contributed by atoms with van der Waals surface area (Å²) in [5, 5.41) is 3.94. The number of halogens is 1. The van der Waals surface area contributed by atoms with Gasteiger partial charge in [-0.05, 0) is 74.5 Å². The number of rotatable bonds is 4. The summed E-state index contributed by atoms with van der Waals surface area (Å²) in [6.45, 7) is 7.59. The number of aryl methyl sites for hydroxylation is 2. The number of hydrogen-bond donors (Lipinski definition) is 1. The number of amides is 2. The van der Waals surface area contributed by atoms with Crippen LogP contribution in [0.25, 0.3) is 16.9 Å². The fourth-order valence-corrected chi connectivity index (χ4v) is 6.11. The van der Waals surface area contributed by atoms with Crippen LogP contribution >= 0.6 is 11.6 Å². The molecule has 2 aromatic heterocycles. The first-order valence-electron chi connectivity index (χ1n) is 13.0. The van der Waals surface area contributed by atoms with Crippen LogP contribution in [-0.4, -0.2) is 50.9 Å². The smallest absolute Gasteiger partial charge is 0.320 e. The molecule has 0 saturated carbocycles. The number of likely N-dealkylation sites (tertiary alicyclic amines) is 2. The van der Waals surface area contributed by atoms with Crippen molar-refractivity contribution in [2.45, 2.75) is 39.3 Å². The zero-order valence-corrected chi connectivity index (χ0v) is 22.1. The van der Waals surface area contributed by atoms with E-state index in [0.717, 1.165) is 77.8 Å². The molecule has 2 aliphatic rings. The van der Waals surface area contributed by atoms with E-state index in [-0.39, 0.29) is 12.1 Å². The first-order chi connectivity index (χ1) is 18.0. The van der Waals surface area contributed by atoms with E-state index in [0.29, 0.717) is 5.92 Å². The van der Waals surface area contributed by atoms with Crippen LogP contribution in [0, 0.1) is 19.8 Å². The monoisotopic (exact) mass is 513 g/mol. The molecule has 190 valence electrons. The van der Waals surface area contributed by atoms with Gasteiger partial charge in [-0.1, -0.05) is 48.0 Å². The zero-order valence-electron chi connectivity index (χ0n) is 21.3. The van der Waals surface area contributed by atoms with Gasteiger partial charge in [0.25, 0.3) is 0 Å². The number of benzene rings is 2. The summed E-state index contributed by atoms with van der Waals surface area (Å²) < 4.78 is 2.19. The second-order valence-corrected chi connectivity index (χ2v) is 10.9. The summed E-state index contributed by atoms with van der Waals surface area (Å²) in [5.41, 5.74) is 7.28. The standard InChI is InChI=1S/C30H32ClN5O/c1-20-6-5-7-21(2)28(20)33-30(37)36-17-22-13-15-34(18-25(36)16-22)19-26-29(23-9-11-24(31)12-10-23)32-27-8-3-4-14-35(26)27/h3-12,14,22,25H,13,15-19H2,1-2H3,(H,33,37). The molecule has 2 saturated heterocycles. The largest absolute Gasteiger partial charge is 0.322 e. The number of anilines is 1. The molecular weight excluding hydrogens is 482 g/mol. The number of carbonyl (C=O) groups excluding carboxylic acids is 1. The molecule has 0 aliphatic carbocycles. The van der Waals surface area contributed by atoms with Gasteiger partial charge in [0.15, 0.2) is 0 Å². The van der Waals surface area contributed by atoms with E-state index in [1.54, 1.807) is 0 Å². The summed E-state index contributed by atoms with van der Waals surface area (Å²) >= 11 is 6.16. The van der Waals surface area contributed by atoms with Crippen LogP contribution in [-0.2, 0) is 6.54 Å². The van der Waals surface area contributed by atoms with Gasteiger partial charge in [0.05, 0.1) is 11.4 Å². The number of carbonyl (C=O) groups is 1. The first kappa shape index (κ1) is 24.0. The molecule has 2 unspecified atom stereocenters. The quantitative estimate of drug-likeness (QED) is 0.343. The molecule has 2 aromatic carbocycles. The third-order valence-electron chi connectivity index (χ3n) is 7.92. The number of urea groups is 1. The maximum atomic E-state index is 13.4. The zero-order chi connectivity index (χ0) is 25.5. The predicted octanol–water partition coefficient (Wildman–Crippen LogP) is 6.40. The molecule has 2 aliphatic heterocycles. The molecule has 2 bridgehead atoms. The molecular formula is C30H32ClN5O. The van der Waals surface area contributed by atoms with Crippen LogP contribution in [0.1, 0.15) is 29.7 Å². The molecule has 7 heteroatoms. The minimum absolute atomic E-state index is 0.0170. The van der Waals surface area contributed by atoms with Crippen LogP contribution in [0.15, 0.2) is 66.9 Å². The average Bonchev–Trinajstić information content (AvgIpc) is 3.39. The van der Waals surface area contributed by atoms with Crippen molar-refractivity contribution in [3.63, 3.8) is 0 Å². The van der Waals surface area contributed by atoms with Gasteiger partial charge < -0.3 is 14.6 Å². The Hall–Kier alpha value is -3.35. The summed E-state index contributed by atoms with van der Waals surface area (Å²) in [6.07, 6.45) is 4.25. The van der Waals surface area contributed by atoms with Gasteiger partial charge >= 0.3 is 6.03 Å². The number of hydrogen-bond acceptors (Lipinski definition) is 3. The first-order valence-corrected chi connectivity index (χ1v) is 13.4. The van der Waals surface area contributed by atoms with E-state index in [1.807, 2.05) is 74.5 Å². The summed E-state index contributed by atoms with van der Waals surface area (Å²) in [7, 11) is 0. The SMILES string of the molecule is Cc1cccc(C)c1NC(=O)N1CC2CCN(Cc3c(-c4ccc(Cl)cc4)nc4ccccn34)CC1C2. The lowest BCUT2D eigenvalue weighted by molar-refractivity contribution is 0.163. The van der Waals surface area contributed by atoms with Gasteiger partial charge in [0, 0.05) is 48.1 Å². The Morgan fingerprint density at radius 2 is 1.81 bits per heavy atom. The van der Waals surface area contributed by atoms with E-state index in [4.69, 9.17) is 16.6 Å². The fourth-order valence-electron chi connectivity index (χ4n) is 5.98. The van der Waals surface area contributed by atoms with Crippen LogP contribution in [0.5, 0.6) is 0 Å². The number of pyridine rings is 1. The van der Waals surface area contributed by atoms with E-state index < -0.39 is 0 Å². The highest BCUT2D eigenvalue weighted by molar-refractivity contribution is 6.30. The average molecular weight is 514 g/mol. The van der Waals surface area contributed by atoms with Crippen molar-refractivity contribution < 1.29 is 4.79 Å². The summed E-state index contributed by atoms with van der Waals surface area (Å²) in [6, 6.07) is 20.4. The number of imidazole rings is 1. The van der Waals surface area contributed by atoms with E-state index in [9.17, 15) is 4.79 Å². The number of aromatic nitrogens is 2. The highest BCUT2D eigenvalue weighted by atomic mass is 35.5. The molecule has 0 radical (unpaired) electrons. The third-order valence-corrected chi connectivity index (χ3v) is 8.17. The molecule has 2 atom stereocenters. The van der Waals surface area contributed by atoms with Crippen molar-refractivity contribution in [3.8, 4) is 11.3 Å². The van der Waals surface area contributed by atoms with E-state index in [1.165, 1.54) is 5.69 Å². The van der Waals surface area contributed by atoms with Crippen molar-refractivity contribution in [3.05, 3.63) is 88.7 Å². The van der Waals surface area contributed by atoms with Crippen LogP contribution in [0.2, 0.25) is 5.02 Å². The molecule has 37 heavy (non-hydrogen) atoms. The number of para-hydroxylation sites is 1. The Balaban J connectivity index is 1.25. The topological polar surface area (TPSA) is 52.9 Å². The second kappa shape index (κ2) is 9.84. The van der Waals surface area contributed by atoms with Gasteiger partial charge in [-0.2, -0.15) is 0 Å². The van der Waals surface area contributed by atoms with Gasteiger partial charge in [0.1, 0.15) is 5.65 Å². The van der Waals surface area contributed by atoms with Crippen molar-refractivity contribution in [2.75, 3.05) is 25.0 Å². The molecule has 4 aromatic rings. The van der Waals surface area contributed by atoms with Crippen molar-refractivity contribution >= 4 is 29.0 Å². The van der Waals surface area contributed by atoms with Gasteiger partial charge in [-0.15, -0.1) is 0 Å². The van der Waals surface area contributed by atoms with E-state index in [2.05, 4.69) is 25.7 Å². The summed E-state index contributed by atoms with van der Waals surface area (Å²) in [5.74, 6) is 0.539. The third kappa shape index (κ3) is 4.72. The normalized spacial score (nSPS) is 19.8. The molecule has 2 amide bonds. The van der Waals surface area contributed by atoms with Crippen molar-refractivity contribution in [1.82, 2.24) is 19.2 Å². The minimum atomic E-state index is 0.0170. The van der Waals surface area contributed by atoms with Gasteiger partial charge in [-0.3, -0.25) is 4.90 Å². The number of nitrogens with zero attached hydrogens (tertiary/aromatic N) is 4. The van der Waals surface area contributed by atoms with Gasteiger partial charge in [0.2, 0.25) is 0 Å². The number of nitrogens with one attached hydrogen (secondary N) is 1. The molecule has 0 spiro atoms. The molecule has 2 fully saturated rings. The lowest BCUT2D eigenvalue weighted by Crippen LogP contribution is -2.46. The van der Waals surface area contributed by atoms with Crippen molar-refractivity contribution in [2.24, 2.45) is 5.92 Å². The second-order valence-electron chi connectivity index (χ2n) is 10.5. The van der Waals surface area contributed by atoms with Gasteiger partial charge in [-0.25, -0.2) is 9.78 Å². The Bertz CT molecular complexity index is 1430. The molecule has 6 rings (SSSR count). The van der Waals surface area contributed by atoms with E-state index >= 15 is 0 Å². The van der Waals surface area contributed by atoms with Crippen LogP contribution in [0.4, 0.5) is 10.5 Å². The Labute approximate surface area is 222 Å². The maximum absolute atomic E-state index is 13.4. The molecule has 6 nitrogen and oxygen atoms in total. The molecule has 1 N–H and O–H groups in total. The van der Waals surface area contributed by atoms with Crippen LogP contribution in [0.3, 0.4) is 0 Å². The maximum Gasteiger partial charge on any atom is 0.322 e. The lowest BCUT2D eigenvalue weighted by Gasteiger charge is -2.32. The fraction of sp³-hybridized carbons (Fsp3) is 0.333. The number of fused-ring (bicyclic) bond motifs is 3. The highest BCUT2D eigenvalue weighted by Gasteiger charge is 2.39. The Kier molecular flexibility index (Phi) is 6.39. The lowest BCUT2D eigenvalue weighted by atomic mass is 10.0. The molecule has 4 heterocycles. The predicted molar refractivity (Wildman–Crippen MR) is 149 cm³/mol. The van der Waals surface area contributed by atoms with Crippen LogP contribution < -0.4 is 5.32 Å².